The smallest absolute Gasteiger partial charge is 0.251 e. The number of hydrogen-bond donors (Lipinski definition) is 2. The molecule has 0 fully saturated rings. The summed E-state index contributed by atoms with van der Waals surface area (Å²) in [6.45, 7) is 7.29. The lowest BCUT2D eigenvalue weighted by Gasteiger charge is -2.23. The highest BCUT2D eigenvalue weighted by molar-refractivity contribution is 6.30. The highest BCUT2D eigenvalue weighted by atomic mass is 35.5. The van der Waals surface area contributed by atoms with Crippen LogP contribution in [0.1, 0.15) is 49.5 Å². The van der Waals surface area contributed by atoms with Gasteiger partial charge in [0.25, 0.3) is 5.91 Å². The molecule has 0 unspecified atom stereocenters. The van der Waals surface area contributed by atoms with Gasteiger partial charge in [-0.3, -0.25) is 4.79 Å². The fourth-order valence-corrected chi connectivity index (χ4v) is 2.75. The van der Waals surface area contributed by atoms with Crippen LogP contribution in [0, 0.1) is 5.82 Å². The van der Waals surface area contributed by atoms with Crippen molar-refractivity contribution in [2.75, 3.05) is 13.2 Å². The van der Waals surface area contributed by atoms with Crippen molar-refractivity contribution < 1.29 is 19.0 Å². The van der Waals surface area contributed by atoms with Crippen molar-refractivity contribution in [2.24, 2.45) is 0 Å². The molecule has 4 nitrogen and oxygen atoms in total. The maximum atomic E-state index is 13.3. The number of carbonyl (C=O) groups is 1. The second-order valence-electron chi connectivity index (χ2n) is 7.37. The Hall–Kier alpha value is -2.27. The maximum absolute atomic E-state index is 13.3. The molecule has 0 bridgehead atoms. The van der Waals surface area contributed by atoms with Gasteiger partial charge >= 0.3 is 0 Å². The van der Waals surface area contributed by atoms with Crippen molar-refractivity contribution in [2.45, 2.75) is 39.0 Å². The molecule has 0 spiro atoms. The molecule has 0 aliphatic heterocycles. The molecule has 0 aliphatic carbocycles. The van der Waals surface area contributed by atoms with E-state index in [1.165, 1.54) is 6.07 Å². The average Bonchev–Trinajstić information content (AvgIpc) is 2.60. The molecule has 0 aliphatic rings. The van der Waals surface area contributed by atoms with E-state index in [0.717, 1.165) is 36.3 Å². The number of ether oxygens (including phenoxy) is 1. The molecule has 27 heavy (non-hydrogen) atoms. The van der Waals surface area contributed by atoms with E-state index in [1.54, 1.807) is 0 Å². The fraction of sp³-hybridized carbons (Fsp3) is 0.381. The SMILES string of the molecule is CC(C)(C)c1cc(Cl)ccc1OCCCCNC(=O)c1ccc(O)c(F)c1. The third kappa shape index (κ3) is 6.14. The minimum absolute atomic E-state index is 0.0758. The van der Waals surface area contributed by atoms with Crippen LogP contribution in [0.15, 0.2) is 36.4 Å². The molecule has 6 heteroatoms. The Balaban J connectivity index is 1.76. The van der Waals surface area contributed by atoms with Gasteiger partial charge in [-0.2, -0.15) is 0 Å². The first-order valence-electron chi connectivity index (χ1n) is 8.88. The minimum Gasteiger partial charge on any atom is -0.505 e. The summed E-state index contributed by atoms with van der Waals surface area (Å²) in [7, 11) is 0. The minimum atomic E-state index is -0.811. The summed E-state index contributed by atoms with van der Waals surface area (Å²) in [5, 5.41) is 12.6. The number of hydrogen-bond acceptors (Lipinski definition) is 3. The van der Waals surface area contributed by atoms with Gasteiger partial charge in [-0.05, 0) is 54.7 Å². The molecule has 146 valence electrons. The van der Waals surface area contributed by atoms with Gasteiger partial charge in [0.1, 0.15) is 5.75 Å². The molecule has 1 amide bonds. The molecule has 0 saturated heterocycles. The number of benzene rings is 2. The van der Waals surface area contributed by atoms with Crippen LogP contribution in [0.4, 0.5) is 4.39 Å². The molecule has 2 aromatic carbocycles. The average molecular weight is 394 g/mol. The number of amides is 1. The molecular formula is C21H25ClFNO3. The van der Waals surface area contributed by atoms with Crippen LogP contribution in [-0.4, -0.2) is 24.2 Å². The Morgan fingerprint density at radius 1 is 1.19 bits per heavy atom. The summed E-state index contributed by atoms with van der Waals surface area (Å²) in [6, 6.07) is 9.17. The third-order valence-electron chi connectivity index (χ3n) is 4.07. The fourth-order valence-electron chi connectivity index (χ4n) is 2.58. The number of carbonyl (C=O) groups excluding carboxylic acids is 1. The van der Waals surface area contributed by atoms with E-state index in [0.29, 0.717) is 18.2 Å². The van der Waals surface area contributed by atoms with E-state index in [2.05, 4.69) is 26.1 Å². The third-order valence-corrected chi connectivity index (χ3v) is 4.31. The molecule has 0 aromatic heterocycles. The first-order chi connectivity index (χ1) is 12.7. The van der Waals surface area contributed by atoms with E-state index in [-0.39, 0.29) is 16.9 Å². The second kappa shape index (κ2) is 9.09. The Kier molecular flexibility index (Phi) is 7.08. The molecule has 0 saturated carbocycles. The van der Waals surface area contributed by atoms with Gasteiger partial charge in [0, 0.05) is 22.7 Å². The van der Waals surface area contributed by atoms with Crippen LogP contribution in [0.5, 0.6) is 11.5 Å². The lowest BCUT2D eigenvalue weighted by atomic mass is 9.86. The zero-order valence-electron chi connectivity index (χ0n) is 15.8. The van der Waals surface area contributed by atoms with E-state index < -0.39 is 11.6 Å². The Morgan fingerprint density at radius 3 is 2.59 bits per heavy atom. The highest BCUT2D eigenvalue weighted by Gasteiger charge is 2.19. The normalized spacial score (nSPS) is 11.3. The zero-order valence-corrected chi connectivity index (χ0v) is 16.6. The molecule has 2 rings (SSSR count). The van der Waals surface area contributed by atoms with Gasteiger partial charge in [0.05, 0.1) is 6.61 Å². The summed E-state index contributed by atoms with van der Waals surface area (Å²) in [6.07, 6.45) is 1.49. The van der Waals surface area contributed by atoms with Crippen LogP contribution >= 0.6 is 11.6 Å². The van der Waals surface area contributed by atoms with Crippen molar-refractivity contribution in [3.63, 3.8) is 0 Å². The van der Waals surface area contributed by atoms with E-state index in [4.69, 9.17) is 21.4 Å². The first-order valence-corrected chi connectivity index (χ1v) is 9.26. The molecule has 0 heterocycles. The van der Waals surface area contributed by atoms with Gasteiger partial charge in [0.15, 0.2) is 11.6 Å². The zero-order chi connectivity index (χ0) is 20.0. The summed E-state index contributed by atoms with van der Waals surface area (Å²) in [5.74, 6) is -0.841. The van der Waals surface area contributed by atoms with Crippen LogP contribution in [0.2, 0.25) is 5.02 Å². The van der Waals surface area contributed by atoms with Gasteiger partial charge < -0.3 is 15.2 Å². The van der Waals surface area contributed by atoms with Crippen molar-refractivity contribution in [3.8, 4) is 11.5 Å². The molecule has 2 aromatic rings. The number of halogens is 2. The maximum Gasteiger partial charge on any atom is 0.251 e. The van der Waals surface area contributed by atoms with E-state index >= 15 is 0 Å². The lowest BCUT2D eigenvalue weighted by molar-refractivity contribution is 0.0952. The topological polar surface area (TPSA) is 58.6 Å². The van der Waals surface area contributed by atoms with Crippen molar-refractivity contribution in [3.05, 3.63) is 58.4 Å². The summed E-state index contributed by atoms with van der Waals surface area (Å²) >= 11 is 6.09. The summed E-state index contributed by atoms with van der Waals surface area (Å²) in [5.41, 5.74) is 1.16. The predicted octanol–water partition coefficient (Wildman–Crippen LogP) is 5.07. The van der Waals surface area contributed by atoms with E-state index in [1.807, 2.05) is 18.2 Å². The second-order valence-corrected chi connectivity index (χ2v) is 7.80. The summed E-state index contributed by atoms with van der Waals surface area (Å²) < 4.78 is 19.2. The Morgan fingerprint density at radius 2 is 1.93 bits per heavy atom. The largest absolute Gasteiger partial charge is 0.505 e. The standard InChI is InChI=1S/C21H25ClFNO3/c1-21(2,3)16-13-15(22)7-9-19(16)27-11-5-4-10-24-20(26)14-6-8-18(25)17(23)12-14/h6-9,12-13,25H,4-5,10-11H2,1-3H3,(H,24,26). The van der Waals surface area contributed by atoms with Crippen molar-refractivity contribution in [1.29, 1.82) is 0 Å². The van der Waals surface area contributed by atoms with Crippen LogP contribution in [0.25, 0.3) is 0 Å². The number of phenolic OH excluding ortho intramolecular Hbond substituents is 1. The van der Waals surface area contributed by atoms with Gasteiger partial charge in [-0.15, -0.1) is 0 Å². The lowest BCUT2D eigenvalue weighted by Crippen LogP contribution is -2.24. The van der Waals surface area contributed by atoms with Gasteiger partial charge in [-0.1, -0.05) is 32.4 Å². The molecule has 2 N–H and O–H groups in total. The van der Waals surface area contributed by atoms with Crippen molar-refractivity contribution in [1.82, 2.24) is 5.32 Å². The first kappa shape index (κ1) is 21.0. The summed E-state index contributed by atoms with van der Waals surface area (Å²) in [4.78, 5) is 11.9. The van der Waals surface area contributed by atoms with Crippen LogP contribution < -0.4 is 10.1 Å². The number of aromatic hydroxyl groups is 1. The molecule has 0 radical (unpaired) electrons. The predicted molar refractivity (Wildman–Crippen MR) is 105 cm³/mol. The van der Waals surface area contributed by atoms with Crippen LogP contribution in [0.3, 0.4) is 0 Å². The number of rotatable bonds is 7. The Labute approximate surface area is 164 Å². The van der Waals surface area contributed by atoms with Crippen LogP contribution in [-0.2, 0) is 5.41 Å². The molecular weight excluding hydrogens is 369 g/mol. The highest BCUT2D eigenvalue weighted by Crippen LogP contribution is 2.33. The number of nitrogens with one attached hydrogen (secondary N) is 1. The quantitative estimate of drug-likeness (QED) is 0.645. The van der Waals surface area contributed by atoms with E-state index in [9.17, 15) is 9.18 Å². The van der Waals surface area contributed by atoms with Crippen molar-refractivity contribution >= 4 is 17.5 Å². The Bertz CT molecular complexity index is 802. The molecule has 0 atom stereocenters. The number of unbranched alkanes of at least 4 members (excludes halogenated alkanes) is 1. The monoisotopic (exact) mass is 393 g/mol. The number of phenols is 1. The van der Waals surface area contributed by atoms with Gasteiger partial charge in [-0.25, -0.2) is 4.39 Å². The van der Waals surface area contributed by atoms with Gasteiger partial charge in [0.2, 0.25) is 0 Å².